The second-order valence-electron chi connectivity index (χ2n) is 4.10. The van der Waals surface area contributed by atoms with Crippen molar-refractivity contribution in [2.24, 2.45) is 0 Å². The van der Waals surface area contributed by atoms with E-state index in [1.54, 1.807) is 32.3 Å². The molecular weight excluding hydrogens is 249 g/mol. The highest BCUT2D eigenvalue weighted by atomic mass is 32.2. The fraction of sp³-hybridized carbons (Fsp3) is 0.214. The molecule has 2 rings (SSSR count). The molecule has 18 heavy (non-hydrogen) atoms. The highest BCUT2D eigenvalue weighted by molar-refractivity contribution is 7.99. The van der Waals surface area contributed by atoms with Crippen molar-refractivity contribution in [3.05, 3.63) is 53.6 Å². The minimum Gasteiger partial charge on any atom is -0.389 e. The minimum absolute atomic E-state index is 0.287. The second kappa shape index (κ2) is 5.50. The van der Waals surface area contributed by atoms with E-state index in [-0.39, 0.29) is 5.82 Å². The standard InChI is InChI=1S/C14H14FNOS/c1-9-7-14(12(10(2)17)8-13(9)15)18-11-3-5-16-6-4-11/h3-8,10,17H,1-2H3/t10-/m0/s1. The van der Waals surface area contributed by atoms with Gasteiger partial charge < -0.3 is 5.11 Å². The number of aryl methyl sites for hydroxylation is 1. The van der Waals surface area contributed by atoms with Gasteiger partial charge in [-0.3, -0.25) is 4.98 Å². The van der Waals surface area contributed by atoms with Crippen molar-refractivity contribution in [3.8, 4) is 0 Å². The number of pyridine rings is 1. The van der Waals surface area contributed by atoms with Gasteiger partial charge in [-0.05, 0) is 49.2 Å². The van der Waals surface area contributed by atoms with E-state index in [4.69, 9.17) is 0 Å². The third-order valence-corrected chi connectivity index (χ3v) is 3.70. The molecule has 0 saturated carbocycles. The topological polar surface area (TPSA) is 33.1 Å². The normalized spacial score (nSPS) is 12.4. The Bertz CT molecular complexity index is 543. The van der Waals surface area contributed by atoms with Gasteiger partial charge in [-0.1, -0.05) is 11.8 Å². The van der Waals surface area contributed by atoms with E-state index in [1.807, 2.05) is 12.1 Å². The Morgan fingerprint density at radius 1 is 1.28 bits per heavy atom. The van der Waals surface area contributed by atoms with Crippen LogP contribution < -0.4 is 0 Å². The lowest BCUT2D eigenvalue weighted by Crippen LogP contribution is -1.97. The number of hydrogen-bond donors (Lipinski definition) is 1. The van der Waals surface area contributed by atoms with Gasteiger partial charge in [0.05, 0.1) is 6.10 Å². The van der Waals surface area contributed by atoms with Crippen LogP contribution in [-0.2, 0) is 0 Å². The first kappa shape index (κ1) is 13.1. The van der Waals surface area contributed by atoms with Crippen LogP contribution in [0.2, 0.25) is 0 Å². The molecule has 2 aromatic rings. The number of hydrogen-bond acceptors (Lipinski definition) is 3. The minimum atomic E-state index is -0.690. The molecule has 0 bridgehead atoms. The Labute approximate surface area is 110 Å². The number of aliphatic hydroxyl groups is 1. The molecule has 94 valence electrons. The van der Waals surface area contributed by atoms with Gasteiger partial charge in [0, 0.05) is 22.2 Å². The summed E-state index contributed by atoms with van der Waals surface area (Å²) in [6, 6.07) is 6.94. The number of halogens is 1. The predicted octanol–water partition coefficient (Wildman–Crippen LogP) is 3.73. The van der Waals surface area contributed by atoms with E-state index in [2.05, 4.69) is 4.98 Å². The second-order valence-corrected chi connectivity index (χ2v) is 5.22. The van der Waals surface area contributed by atoms with Crippen molar-refractivity contribution in [3.63, 3.8) is 0 Å². The molecule has 4 heteroatoms. The van der Waals surface area contributed by atoms with Crippen molar-refractivity contribution in [2.75, 3.05) is 0 Å². The summed E-state index contributed by atoms with van der Waals surface area (Å²) >= 11 is 1.50. The van der Waals surface area contributed by atoms with Gasteiger partial charge in [-0.25, -0.2) is 4.39 Å². The van der Waals surface area contributed by atoms with Gasteiger partial charge in [-0.15, -0.1) is 0 Å². The molecule has 1 aromatic carbocycles. The third kappa shape index (κ3) is 2.89. The Hall–Kier alpha value is -1.39. The lowest BCUT2D eigenvalue weighted by Gasteiger charge is -2.13. The monoisotopic (exact) mass is 263 g/mol. The summed E-state index contributed by atoms with van der Waals surface area (Å²) in [7, 11) is 0. The average molecular weight is 263 g/mol. The summed E-state index contributed by atoms with van der Waals surface area (Å²) < 4.78 is 13.5. The number of aliphatic hydroxyl groups excluding tert-OH is 1. The quantitative estimate of drug-likeness (QED) is 0.916. The molecule has 0 saturated heterocycles. The van der Waals surface area contributed by atoms with Gasteiger partial charge in [0.2, 0.25) is 0 Å². The summed E-state index contributed by atoms with van der Waals surface area (Å²) in [6.45, 7) is 3.36. The van der Waals surface area contributed by atoms with E-state index in [0.717, 1.165) is 9.79 Å². The maximum Gasteiger partial charge on any atom is 0.126 e. The summed E-state index contributed by atoms with van der Waals surface area (Å²) in [5, 5.41) is 9.71. The van der Waals surface area contributed by atoms with Crippen molar-refractivity contribution in [1.29, 1.82) is 0 Å². The molecule has 0 fully saturated rings. The summed E-state index contributed by atoms with van der Waals surface area (Å²) in [4.78, 5) is 5.84. The first-order valence-corrected chi connectivity index (χ1v) is 6.45. The Balaban J connectivity index is 2.40. The number of nitrogens with zero attached hydrogens (tertiary/aromatic N) is 1. The Morgan fingerprint density at radius 3 is 2.56 bits per heavy atom. The van der Waals surface area contributed by atoms with Gasteiger partial charge in [0.25, 0.3) is 0 Å². The van der Waals surface area contributed by atoms with Crippen molar-refractivity contribution in [1.82, 2.24) is 4.98 Å². The molecule has 0 unspecified atom stereocenters. The summed E-state index contributed by atoms with van der Waals surface area (Å²) in [5.41, 5.74) is 1.19. The van der Waals surface area contributed by atoms with Crippen LogP contribution in [0.5, 0.6) is 0 Å². The van der Waals surface area contributed by atoms with Crippen molar-refractivity contribution in [2.45, 2.75) is 29.7 Å². The highest BCUT2D eigenvalue weighted by Gasteiger charge is 2.12. The van der Waals surface area contributed by atoms with Crippen LogP contribution in [0.25, 0.3) is 0 Å². The van der Waals surface area contributed by atoms with Crippen LogP contribution in [0, 0.1) is 12.7 Å². The molecule has 0 spiro atoms. The zero-order valence-corrected chi connectivity index (χ0v) is 11.0. The zero-order valence-electron chi connectivity index (χ0n) is 10.2. The molecule has 1 atom stereocenters. The van der Waals surface area contributed by atoms with E-state index >= 15 is 0 Å². The summed E-state index contributed by atoms with van der Waals surface area (Å²) in [6.07, 6.45) is 2.73. The highest BCUT2D eigenvalue weighted by Crippen LogP contribution is 2.34. The molecule has 0 amide bonds. The number of rotatable bonds is 3. The number of benzene rings is 1. The van der Waals surface area contributed by atoms with Crippen LogP contribution in [-0.4, -0.2) is 10.1 Å². The lowest BCUT2D eigenvalue weighted by atomic mass is 10.1. The zero-order chi connectivity index (χ0) is 13.1. The van der Waals surface area contributed by atoms with Gasteiger partial charge in [-0.2, -0.15) is 0 Å². The van der Waals surface area contributed by atoms with Crippen molar-refractivity contribution >= 4 is 11.8 Å². The Kier molecular flexibility index (Phi) is 3.99. The van der Waals surface area contributed by atoms with Crippen LogP contribution in [0.3, 0.4) is 0 Å². The molecule has 1 heterocycles. The Morgan fingerprint density at radius 2 is 1.94 bits per heavy atom. The van der Waals surface area contributed by atoms with Crippen LogP contribution in [0.1, 0.15) is 24.2 Å². The molecular formula is C14H14FNOS. The predicted molar refractivity (Wildman–Crippen MR) is 70.1 cm³/mol. The maximum atomic E-state index is 13.5. The van der Waals surface area contributed by atoms with Crippen LogP contribution >= 0.6 is 11.8 Å². The van der Waals surface area contributed by atoms with Gasteiger partial charge in [0.15, 0.2) is 0 Å². The first-order valence-electron chi connectivity index (χ1n) is 5.64. The van der Waals surface area contributed by atoms with E-state index in [0.29, 0.717) is 11.1 Å². The molecule has 0 radical (unpaired) electrons. The van der Waals surface area contributed by atoms with Crippen LogP contribution in [0.15, 0.2) is 46.5 Å². The molecule has 2 nitrogen and oxygen atoms in total. The molecule has 1 N–H and O–H groups in total. The smallest absolute Gasteiger partial charge is 0.126 e. The van der Waals surface area contributed by atoms with E-state index in [1.165, 1.54) is 17.8 Å². The van der Waals surface area contributed by atoms with Crippen molar-refractivity contribution < 1.29 is 9.50 Å². The summed E-state index contributed by atoms with van der Waals surface area (Å²) in [5.74, 6) is -0.287. The van der Waals surface area contributed by atoms with E-state index < -0.39 is 6.10 Å². The molecule has 0 aliphatic carbocycles. The first-order chi connectivity index (χ1) is 8.58. The largest absolute Gasteiger partial charge is 0.389 e. The average Bonchev–Trinajstić information content (AvgIpc) is 2.34. The molecule has 1 aromatic heterocycles. The van der Waals surface area contributed by atoms with Gasteiger partial charge in [0.1, 0.15) is 5.82 Å². The van der Waals surface area contributed by atoms with Crippen LogP contribution in [0.4, 0.5) is 4.39 Å². The lowest BCUT2D eigenvalue weighted by molar-refractivity contribution is 0.196. The fourth-order valence-electron chi connectivity index (χ4n) is 1.62. The maximum absolute atomic E-state index is 13.5. The third-order valence-electron chi connectivity index (χ3n) is 2.62. The number of aromatic nitrogens is 1. The molecule has 0 aliphatic rings. The van der Waals surface area contributed by atoms with Gasteiger partial charge >= 0.3 is 0 Å². The van der Waals surface area contributed by atoms with E-state index in [9.17, 15) is 9.50 Å². The SMILES string of the molecule is Cc1cc(Sc2ccncc2)c([C@H](C)O)cc1F. The molecule has 0 aliphatic heterocycles. The fourth-order valence-corrected chi connectivity index (χ4v) is 2.71.